The van der Waals surface area contributed by atoms with Crippen LogP contribution in [-0.2, 0) is 19.0 Å². The molecular formula is C56H78N2O9. The zero-order valence-electron chi connectivity index (χ0n) is 40.4. The van der Waals surface area contributed by atoms with Gasteiger partial charge < -0.3 is 43.6 Å². The van der Waals surface area contributed by atoms with E-state index in [9.17, 15) is 15.0 Å². The number of carbonyl (C=O) groups is 1. The Kier molecular flexibility index (Phi) is 19.4. The fourth-order valence-electron chi connectivity index (χ4n) is 11.1. The molecule has 4 aliphatic rings. The topological polar surface area (TPSA) is 129 Å². The number of unbranched alkanes of at least 4 members (excludes halogenated alkanes) is 11. The fourth-order valence-corrected chi connectivity index (χ4v) is 11.1. The molecule has 3 aromatic rings. The Balaban J connectivity index is 1.26. The van der Waals surface area contributed by atoms with E-state index in [0.29, 0.717) is 44.0 Å². The van der Waals surface area contributed by atoms with E-state index in [0.717, 1.165) is 97.6 Å². The predicted molar refractivity (Wildman–Crippen MR) is 265 cm³/mol. The number of hydrogen-bond donors (Lipinski definition) is 2. The van der Waals surface area contributed by atoms with E-state index >= 15 is 0 Å². The van der Waals surface area contributed by atoms with Crippen LogP contribution in [-0.4, -0.2) is 85.1 Å². The van der Waals surface area contributed by atoms with E-state index in [1.807, 2.05) is 30.3 Å². The Morgan fingerprint density at radius 2 is 1.58 bits per heavy atom. The number of fused-ring (bicyclic) bond motifs is 3. The Morgan fingerprint density at radius 1 is 0.866 bits per heavy atom. The summed E-state index contributed by atoms with van der Waals surface area (Å²) in [7, 11) is 1.79. The van der Waals surface area contributed by atoms with Crippen LogP contribution in [0.1, 0.15) is 147 Å². The summed E-state index contributed by atoms with van der Waals surface area (Å²) in [6.07, 6.45) is 22.9. The summed E-state index contributed by atoms with van der Waals surface area (Å²) in [6.45, 7) is 7.68. The van der Waals surface area contributed by atoms with Gasteiger partial charge in [-0.05, 0) is 103 Å². The Bertz CT molecular complexity index is 2080. The lowest BCUT2D eigenvalue weighted by Crippen LogP contribution is -2.69. The zero-order chi connectivity index (χ0) is 46.9. The van der Waals surface area contributed by atoms with Crippen LogP contribution in [0.2, 0.25) is 0 Å². The van der Waals surface area contributed by atoms with Crippen LogP contribution in [0.4, 0.5) is 4.79 Å². The quantitative estimate of drug-likeness (QED) is 0.0436. The number of allylic oxidation sites excluding steroid dienone is 1. The second-order valence-electron chi connectivity index (χ2n) is 19.2. The van der Waals surface area contributed by atoms with Crippen LogP contribution in [0.3, 0.4) is 0 Å². The number of carbonyl (C=O) groups excluding carboxylic acids is 1. The SMILES string of the molecule is C=CCO[C@@]12Oc3ccc(Oc4ccc5ccccc5c4)cc3[C@H]3[C@H](CCCCO)[C@@H](CCCCO)C=C(C(=NOC4CCCCO4)C[C@@H]1N(C)C(=O)OCCCCCCCCCCCC)[C@H]32. The van der Waals surface area contributed by atoms with Crippen molar-refractivity contribution in [2.75, 3.05) is 40.1 Å². The lowest BCUT2D eigenvalue weighted by Gasteiger charge is -2.59. The summed E-state index contributed by atoms with van der Waals surface area (Å²) in [5.41, 5.74) is 2.71. The minimum Gasteiger partial charge on any atom is -0.459 e. The van der Waals surface area contributed by atoms with E-state index in [-0.39, 0.29) is 37.6 Å². The summed E-state index contributed by atoms with van der Waals surface area (Å²) in [5.74, 6) is 0.295. The molecule has 2 fully saturated rings. The Morgan fingerprint density at radius 3 is 2.31 bits per heavy atom. The summed E-state index contributed by atoms with van der Waals surface area (Å²) in [6, 6.07) is 19.8. The maximum atomic E-state index is 14.3. The standard InChI is InChI=1S/C56H78N2O9/c1-4-6-7-8-9-10-11-12-13-21-36-63-55(61)58(3)51-40-49(57-67-52-27-18-22-35-62-52)47-38-43(25-16-19-32-59)46(26-17-20-33-60)53-48-39-45(65-44-29-28-41-23-14-15-24-42(41)37-44)30-31-50(48)66-56(51,54(47)53)64-34-5-2/h5,14-15,23-24,28-31,37-39,43,46,51-54,59-60H,2,4,6-13,16-22,25-27,32-36,40H2,1,3H3/t43-,46+,51-,52?,53+,54+,56+/m0/s1. The second kappa shape index (κ2) is 25.8. The monoisotopic (exact) mass is 923 g/mol. The number of likely N-dealkylation sites (N-methyl/N-ethyl adjacent to an activating group) is 1. The molecule has 7 rings (SSSR count). The van der Waals surface area contributed by atoms with Gasteiger partial charge in [0.2, 0.25) is 12.1 Å². The lowest BCUT2D eigenvalue weighted by atomic mass is 9.55. The molecular weight excluding hydrogens is 845 g/mol. The molecule has 2 heterocycles. The molecule has 3 aromatic carbocycles. The first-order valence-corrected chi connectivity index (χ1v) is 25.8. The van der Waals surface area contributed by atoms with Gasteiger partial charge in [-0.25, -0.2) is 4.79 Å². The number of amides is 1. The van der Waals surface area contributed by atoms with Crippen LogP contribution < -0.4 is 9.47 Å². The van der Waals surface area contributed by atoms with Crippen LogP contribution in [0.15, 0.2) is 90.1 Å². The highest BCUT2D eigenvalue weighted by Crippen LogP contribution is 2.62. The van der Waals surface area contributed by atoms with Gasteiger partial charge in [-0.1, -0.05) is 125 Å². The predicted octanol–water partition coefficient (Wildman–Crippen LogP) is 12.8. The van der Waals surface area contributed by atoms with Crippen LogP contribution >= 0.6 is 0 Å². The largest absolute Gasteiger partial charge is 0.459 e. The fraction of sp³-hybridized carbons (Fsp3) is 0.607. The van der Waals surface area contributed by atoms with Gasteiger partial charge in [0.1, 0.15) is 23.3 Å². The molecule has 0 aromatic heterocycles. The molecule has 1 unspecified atom stereocenters. The second-order valence-corrected chi connectivity index (χ2v) is 19.2. The van der Waals surface area contributed by atoms with Gasteiger partial charge in [0.25, 0.3) is 0 Å². The number of aliphatic hydroxyl groups is 2. The molecule has 366 valence electrons. The normalized spacial score (nSPS) is 24.8. The number of rotatable bonds is 27. The molecule has 1 amide bonds. The van der Waals surface area contributed by atoms with Crippen LogP contribution in [0, 0.1) is 17.8 Å². The average molecular weight is 923 g/mol. The molecule has 2 N–H and O–H groups in total. The number of aliphatic hydroxyl groups excluding tert-OH is 2. The molecule has 11 heteroatoms. The summed E-state index contributed by atoms with van der Waals surface area (Å²) in [5, 5.41) is 27.2. The van der Waals surface area contributed by atoms with Gasteiger partial charge >= 0.3 is 6.09 Å². The van der Waals surface area contributed by atoms with Crippen LogP contribution in [0.25, 0.3) is 10.8 Å². The summed E-state index contributed by atoms with van der Waals surface area (Å²) >= 11 is 0. The lowest BCUT2D eigenvalue weighted by molar-refractivity contribution is -0.254. The molecule has 0 bridgehead atoms. The van der Waals surface area contributed by atoms with Crippen molar-refractivity contribution in [2.45, 2.75) is 159 Å². The highest BCUT2D eigenvalue weighted by atomic mass is 16.8. The van der Waals surface area contributed by atoms with Gasteiger partial charge in [0.15, 0.2) is 0 Å². The molecule has 2 aliphatic carbocycles. The summed E-state index contributed by atoms with van der Waals surface area (Å²) < 4.78 is 33.2. The molecule has 1 saturated carbocycles. The first-order chi connectivity index (χ1) is 32.9. The maximum absolute atomic E-state index is 14.3. The smallest absolute Gasteiger partial charge is 0.409 e. The van der Waals surface area contributed by atoms with Crippen molar-refractivity contribution < 1.29 is 43.5 Å². The van der Waals surface area contributed by atoms with Gasteiger partial charge in [0.05, 0.1) is 31.5 Å². The van der Waals surface area contributed by atoms with Crippen molar-refractivity contribution in [2.24, 2.45) is 22.9 Å². The summed E-state index contributed by atoms with van der Waals surface area (Å²) in [4.78, 5) is 22.3. The third-order valence-corrected chi connectivity index (χ3v) is 14.5. The molecule has 0 spiro atoms. The average Bonchev–Trinajstić information content (AvgIpc) is 3.35. The number of nitrogens with zero attached hydrogens (tertiary/aromatic N) is 2. The van der Waals surface area contributed by atoms with Crippen molar-refractivity contribution >= 4 is 22.6 Å². The molecule has 0 radical (unpaired) electrons. The van der Waals surface area contributed by atoms with Crippen molar-refractivity contribution in [3.05, 3.63) is 90.5 Å². The molecule has 2 aliphatic heterocycles. The van der Waals surface area contributed by atoms with E-state index in [1.165, 1.54) is 44.9 Å². The van der Waals surface area contributed by atoms with Crippen molar-refractivity contribution in [3.8, 4) is 17.2 Å². The third kappa shape index (κ3) is 12.8. The third-order valence-electron chi connectivity index (χ3n) is 14.5. The maximum Gasteiger partial charge on any atom is 0.409 e. The highest BCUT2D eigenvalue weighted by molar-refractivity contribution is 6.03. The van der Waals surface area contributed by atoms with Gasteiger partial charge in [-0.2, -0.15) is 0 Å². The van der Waals surface area contributed by atoms with Crippen molar-refractivity contribution in [3.63, 3.8) is 0 Å². The number of ether oxygens (including phenoxy) is 5. The Labute approximate surface area is 399 Å². The van der Waals surface area contributed by atoms with Gasteiger partial charge in [-0.3, -0.25) is 0 Å². The van der Waals surface area contributed by atoms with E-state index in [2.05, 4.69) is 49.9 Å². The molecule has 67 heavy (non-hydrogen) atoms. The first kappa shape index (κ1) is 50.5. The molecule has 7 atom stereocenters. The number of benzene rings is 3. The van der Waals surface area contributed by atoms with E-state index in [4.69, 9.17) is 33.7 Å². The Hall–Kier alpha value is -4.42. The van der Waals surface area contributed by atoms with Crippen LogP contribution in [0.5, 0.6) is 17.2 Å². The number of hydrogen-bond acceptors (Lipinski definition) is 10. The van der Waals surface area contributed by atoms with Gasteiger partial charge in [0, 0.05) is 44.6 Å². The van der Waals surface area contributed by atoms with Crippen molar-refractivity contribution in [1.82, 2.24) is 4.90 Å². The van der Waals surface area contributed by atoms with Gasteiger partial charge in [-0.15, -0.1) is 6.58 Å². The zero-order valence-corrected chi connectivity index (χ0v) is 40.4. The van der Waals surface area contributed by atoms with E-state index < -0.39 is 30.1 Å². The van der Waals surface area contributed by atoms with Crippen molar-refractivity contribution in [1.29, 1.82) is 0 Å². The first-order valence-electron chi connectivity index (χ1n) is 25.8. The minimum atomic E-state index is -1.37. The molecule has 11 nitrogen and oxygen atoms in total. The van der Waals surface area contributed by atoms with E-state index in [1.54, 1.807) is 18.0 Å². The number of oxime groups is 1. The minimum absolute atomic E-state index is 0.0838. The molecule has 1 saturated heterocycles. The highest BCUT2D eigenvalue weighted by Gasteiger charge is 2.65.